The molecular formula is C12H16N2O2S. The highest BCUT2D eigenvalue weighted by Gasteiger charge is 2.05. The molecule has 0 aliphatic heterocycles. The summed E-state index contributed by atoms with van der Waals surface area (Å²) in [5.41, 5.74) is 3.43. The molecule has 0 atom stereocenters. The van der Waals surface area contributed by atoms with E-state index in [1.54, 1.807) is 0 Å². The zero-order valence-electron chi connectivity index (χ0n) is 9.95. The van der Waals surface area contributed by atoms with Crippen molar-refractivity contribution < 1.29 is 8.42 Å². The molecule has 1 aromatic carbocycles. The summed E-state index contributed by atoms with van der Waals surface area (Å²) in [6.45, 7) is 2.48. The predicted molar refractivity (Wildman–Crippen MR) is 69.6 cm³/mol. The maximum Gasteiger partial charge on any atom is 0.208 e. The van der Waals surface area contributed by atoms with Crippen LogP contribution in [0.2, 0.25) is 0 Å². The summed E-state index contributed by atoms with van der Waals surface area (Å²) in [5, 5.41) is 1.17. The first kappa shape index (κ1) is 12.1. The lowest BCUT2D eigenvalue weighted by Crippen LogP contribution is -2.24. The van der Waals surface area contributed by atoms with Gasteiger partial charge in [-0.05, 0) is 31.0 Å². The van der Waals surface area contributed by atoms with E-state index in [0.717, 1.165) is 11.1 Å². The zero-order chi connectivity index (χ0) is 12.5. The lowest BCUT2D eigenvalue weighted by Gasteiger charge is -2.01. The number of aryl methyl sites for hydroxylation is 1. The Morgan fingerprint density at radius 1 is 1.35 bits per heavy atom. The summed E-state index contributed by atoms with van der Waals surface area (Å²) in [7, 11) is -3.10. The van der Waals surface area contributed by atoms with E-state index in [4.69, 9.17) is 0 Å². The number of benzene rings is 1. The van der Waals surface area contributed by atoms with E-state index in [1.807, 2.05) is 19.2 Å². The number of aromatic amines is 1. The predicted octanol–water partition coefficient (Wildman–Crippen LogP) is 1.57. The summed E-state index contributed by atoms with van der Waals surface area (Å²) in [6.07, 6.45) is 3.80. The molecule has 0 fully saturated rings. The highest BCUT2D eigenvalue weighted by molar-refractivity contribution is 7.88. The number of fused-ring (bicyclic) bond motifs is 1. The van der Waals surface area contributed by atoms with Gasteiger partial charge >= 0.3 is 0 Å². The Labute approximate surface area is 101 Å². The summed E-state index contributed by atoms with van der Waals surface area (Å²) in [6, 6.07) is 6.21. The lowest BCUT2D eigenvalue weighted by atomic mass is 10.1. The van der Waals surface area contributed by atoms with Gasteiger partial charge in [-0.25, -0.2) is 13.1 Å². The van der Waals surface area contributed by atoms with E-state index in [1.165, 1.54) is 17.2 Å². The quantitative estimate of drug-likeness (QED) is 0.867. The van der Waals surface area contributed by atoms with Crippen LogP contribution < -0.4 is 4.72 Å². The Hall–Kier alpha value is -1.33. The molecule has 17 heavy (non-hydrogen) atoms. The van der Waals surface area contributed by atoms with Crippen LogP contribution in [0.25, 0.3) is 10.9 Å². The molecule has 2 rings (SSSR count). The van der Waals surface area contributed by atoms with E-state index in [9.17, 15) is 8.42 Å². The molecule has 5 heteroatoms. The number of H-pyrrole nitrogens is 1. The van der Waals surface area contributed by atoms with E-state index >= 15 is 0 Å². The Morgan fingerprint density at radius 2 is 2.12 bits per heavy atom. The fraction of sp³-hybridized carbons (Fsp3) is 0.333. The molecule has 0 radical (unpaired) electrons. The van der Waals surface area contributed by atoms with E-state index in [-0.39, 0.29) is 0 Å². The highest BCUT2D eigenvalue weighted by Crippen LogP contribution is 2.19. The van der Waals surface area contributed by atoms with Crippen LogP contribution in [0.5, 0.6) is 0 Å². The Morgan fingerprint density at radius 3 is 2.82 bits per heavy atom. The van der Waals surface area contributed by atoms with Crippen LogP contribution in [0.3, 0.4) is 0 Å². The maximum absolute atomic E-state index is 11.0. The van der Waals surface area contributed by atoms with Crippen molar-refractivity contribution in [3.05, 3.63) is 35.5 Å². The van der Waals surface area contributed by atoms with Gasteiger partial charge in [-0.1, -0.05) is 11.6 Å². The number of nitrogens with one attached hydrogen (secondary N) is 2. The molecule has 1 heterocycles. The van der Waals surface area contributed by atoms with E-state index in [2.05, 4.69) is 21.8 Å². The fourth-order valence-electron chi connectivity index (χ4n) is 1.87. The van der Waals surface area contributed by atoms with Crippen LogP contribution in [-0.2, 0) is 16.4 Å². The van der Waals surface area contributed by atoms with Crippen molar-refractivity contribution in [1.82, 2.24) is 9.71 Å². The van der Waals surface area contributed by atoms with Crippen molar-refractivity contribution in [3.63, 3.8) is 0 Å². The van der Waals surface area contributed by atoms with E-state index in [0.29, 0.717) is 13.0 Å². The molecule has 2 N–H and O–H groups in total. The third-order valence-corrected chi connectivity index (χ3v) is 3.41. The van der Waals surface area contributed by atoms with Crippen LogP contribution in [0.4, 0.5) is 0 Å². The third-order valence-electron chi connectivity index (χ3n) is 2.68. The summed E-state index contributed by atoms with van der Waals surface area (Å²) in [4.78, 5) is 3.19. The second kappa shape index (κ2) is 4.50. The molecule has 1 aromatic heterocycles. The highest BCUT2D eigenvalue weighted by atomic mass is 32.2. The van der Waals surface area contributed by atoms with Crippen LogP contribution in [0.1, 0.15) is 11.1 Å². The van der Waals surface area contributed by atoms with Gasteiger partial charge in [0.1, 0.15) is 0 Å². The van der Waals surface area contributed by atoms with Crippen LogP contribution >= 0.6 is 0 Å². The minimum Gasteiger partial charge on any atom is -0.361 e. The van der Waals surface area contributed by atoms with Crippen molar-refractivity contribution in [2.75, 3.05) is 12.8 Å². The molecule has 92 valence electrons. The Kier molecular flexibility index (Phi) is 3.22. The number of sulfonamides is 1. The molecule has 0 spiro atoms. The van der Waals surface area contributed by atoms with Crippen LogP contribution in [0.15, 0.2) is 24.4 Å². The third kappa shape index (κ3) is 3.08. The fourth-order valence-corrected chi connectivity index (χ4v) is 2.34. The van der Waals surface area contributed by atoms with Crippen molar-refractivity contribution in [1.29, 1.82) is 0 Å². The number of hydrogen-bond acceptors (Lipinski definition) is 2. The standard InChI is InChI=1S/C12H16N2O2S/c1-9-3-4-12-11(7-9)10(8-13-12)5-6-14-17(2,15)16/h3-4,7-8,13-14H,5-6H2,1-2H3. The maximum atomic E-state index is 11.0. The first-order valence-corrected chi connectivity index (χ1v) is 7.36. The molecule has 0 aliphatic carbocycles. The largest absolute Gasteiger partial charge is 0.361 e. The molecule has 0 saturated heterocycles. The Balaban J connectivity index is 2.16. The summed E-state index contributed by atoms with van der Waals surface area (Å²) in [5.74, 6) is 0. The minimum absolute atomic E-state index is 0.430. The molecule has 4 nitrogen and oxygen atoms in total. The van der Waals surface area contributed by atoms with Gasteiger partial charge < -0.3 is 4.98 Å². The van der Waals surface area contributed by atoms with Crippen molar-refractivity contribution in [2.24, 2.45) is 0 Å². The van der Waals surface area contributed by atoms with Gasteiger partial charge in [-0.2, -0.15) is 0 Å². The molecular weight excluding hydrogens is 236 g/mol. The molecule has 2 aromatic rings. The number of hydrogen-bond donors (Lipinski definition) is 2. The second-order valence-electron chi connectivity index (χ2n) is 4.28. The lowest BCUT2D eigenvalue weighted by molar-refractivity contribution is 0.588. The van der Waals surface area contributed by atoms with Gasteiger partial charge in [0.25, 0.3) is 0 Å². The first-order chi connectivity index (χ1) is 7.96. The van der Waals surface area contributed by atoms with Crippen molar-refractivity contribution in [3.8, 4) is 0 Å². The smallest absolute Gasteiger partial charge is 0.208 e. The minimum atomic E-state index is -3.10. The van der Waals surface area contributed by atoms with Gasteiger partial charge in [-0.3, -0.25) is 0 Å². The average molecular weight is 252 g/mol. The van der Waals surface area contributed by atoms with Gasteiger partial charge in [-0.15, -0.1) is 0 Å². The number of aromatic nitrogens is 1. The van der Waals surface area contributed by atoms with Crippen molar-refractivity contribution >= 4 is 20.9 Å². The molecule has 0 unspecified atom stereocenters. The van der Waals surface area contributed by atoms with Crippen LogP contribution in [-0.4, -0.2) is 26.2 Å². The Bertz CT molecular complexity index is 629. The monoisotopic (exact) mass is 252 g/mol. The second-order valence-corrected chi connectivity index (χ2v) is 6.11. The van der Waals surface area contributed by atoms with Gasteiger partial charge in [0.15, 0.2) is 0 Å². The molecule has 0 bridgehead atoms. The van der Waals surface area contributed by atoms with Crippen LogP contribution in [0, 0.1) is 6.92 Å². The topological polar surface area (TPSA) is 62.0 Å². The summed E-state index contributed by atoms with van der Waals surface area (Å²) < 4.78 is 24.4. The zero-order valence-corrected chi connectivity index (χ0v) is 10.8. The van der Waals surface area contributed by atoms with E-state index < -0.39 is 10.0 Å². The van der Waals surface area contributed by atoms with Gasteiger partial charge in [0.05, 0.1) is 6.26 Å². The normalized spacial score (nSPS) is 12.1. The SMILES string of the molecule is Cc1ccc2[nH]cc(CCNS(C)(=O)=O)c2c1. The molecule has 0 saturated carbocycles. The van der Waals surface area contributed by atoms with Gasteiger partial charge in [0, 0.05) is 23.6 Å². The first-order valence-electron chi connectivity index (χ1n) is 5.47. The summed E-state index contributed by atoms with van der Waals surface area (Å²) >= 11 is 0. The average Bonchev–Trinajstić information content (AvgIpc) is 2.59. The molecule has 0 aliphatic rings. The number of rotatable bonds is 4. The molecule has 0 amide bonds. The van der Waals surface area contributed by atoms with Gasteiger partial charge in [0.2, 0.25) is 10.0 Å². The van der Waals surface area contributed by atoms with Crippen molar-refractivity contribution in [2.45, 2.75) is 13.3 Å².